The number of carbonyl (C=O) groups excluding carboxylic acids is 1. The van der Waals surface area contributed by atoms with Gasteiger partial charge >= 0.3 is 5.97 Å². The molecule has 0 aliphatic carbocycles. The summed E-state index contributed by atoms with van der Waals surface area (Å²) in [5.74, 6) is 5.51. The van der Waals surface area contributed by atoms with Crippen molar-refractivity contribution in [3.8, 4) is 11.8 Å². The molecule has 3 nitrogen and oxygen atoms in total. The summed E-state index contributed by atoms with van der Waals surface area (Å²) in [6.07, 6.45) is 0. The lowest BCUT2D eigenvalue weighted by atomic mass is 10.1. The lowest BCUT2D eigenvalue weighted by molar-refractivity contribution is 0.0602. The second-order valence-electron chi connectivity index (χ2n) is 3.87. The highest BCUT2D eigenvalue weighted by atomic mass is 16.5. The molecule has 0 fully saturated rings. The summed E-state index contributed by atoms with van der Waals surface area (Å²) in [7, 11) is 1.32. The van der Waals surface area contributed by atoms with Gasteiger partial charge < -0.3 is 10.5 Å². The van der Waals surface area contributed by atoms with Gasteiger partial charge in [0.1, 0.15) is 0 Å². The fraction of sp³-hybridized carbons (Fsp3) is 0.0625. The Kier molecular flexibility index (Phi) is 3.84. The first kappa shape index (κ1) is 12.7. The molecule has 0 amide bonds. The Balaban J connectivity index is 2.37. The third-order valence-corrected chi connectivity index (χ3v) is 2.63. The highest BCUT2D eigenvalue weighted by Gasteiger charge is 2.11. The second-order valence-corrected chi connectivity index (χ2v) is 3.87. The molecule has 3 heteroatoms. The number of para-hydroxylation sites is 1. The maximum Gasteiger partial charge on any atom is 0.339 e. The summed E-state index contributed by atoms with van der Waals surface area (Å²) in [4.78, 5) is 11.5. The van der Waals surface area contributed by atoms with Crippen LogP contribution in [0.1, 0.15) is 21.5 Å². The van der Waals surface area contributed by atoms with Gasteiger partial charge in [0.2, 0.25) is 0 Å². The third-order valence-electron chi connectivity index (χ3n) is 2.63. The van der Waals surface area contributed by atoms with E-state index in [0.717, 1.165) is 5.56 Å². The number of nitrogen functional groups attached to an aromatic ring is 1. The second kappa shape index (κ2) is 5.74. The molecule has 19 heavy (non-hydrogen) atoms. The molecule has 0 bridgehead atoms. The van der Waals surface area contributed by atoms with Crippen molar-refractivity contribution in [3.63, 3.8) is 0 Å². The number of esters is 1. The number of ether oxygens (including phenoxy) is 1. The monoisotopic (exact) mass is 251 g/mol. The number of hydrogen-bond donors (Lipinski definition) is 1. The van der Waals surface area contributed by atoms with Crippen molar-refractivity contribution in [2.75, 3.05) is 12.8 Å². The Morgan fingerprint density at radius 2 is 1.79 bits per heavy atom. The average molecular weight is 251 g/mol. The smallest absolute Gasteiger partial charge is 0.339 e. The molecule has 0 saturated heterocycles. The van der Waals surface area contributed by atoms with Crippen molar-refractivity contribution in [2.45, 2.75) is 0 Å². The van der Waals surface area contributed by atoms with E-state index in [-0.39, 0.29) is 0 Å². The fourth-order valence-electron chi connectivity index (χ4n) is 1.62. The average Bonchev–Trinajstić information content (AvgIpc) is 2.46. The molecule has 0 spiro atoms. The van der Waals surface area contributed by atoms with Gasteiger partial charge in [-0.2, -0.15) is 0 Å². The minimum atomic E-state index is -0.458. The van der Waals surface area contributed by atoms with Crippen LogP contribution in [0.25, 0.3) is 0 Å². The molecule has 0 aliphatic rings. The van der Waals surface area contributed by atoms with Gasteiger partial charge in [0, 0.05) is 11.1 Å². The number of anilines is 1. The molecule has 0 atom stereocenters. The van der Waals surface area contributed by atoms with Crippen molar-refractivity contribution in [1.29, 1.82) is 0 Å². The van der Waals surface area contributed by atoms with Crippen LogP contribution in [-0.2, 0) is 4.74 Å². The summed E-state index contributed by atoms with van der Waals surface area (Å²) >= 11 is 0. The zero-order chi connectivity index (χ0) is 13.7. The topological polar surface area (TPSA) is 52.3 Å². The van der Waals surface area contributed by atoms with E-state index < -0.39 is 5.97 Å². The van der Waals surface area contributed by atoms with Gasteiger partial charge in [-0.15, -0.1) is 0 Å². The molecule has 0 aliphatic heterocycles. The highest BCUT2D eigenvalue weighted by Crippen LogP contribution is 2.17. The van der Waals surface area contributed by atoms with E-state index in [4.69, 9.17) is 5.73 Å². The number of methoxy groups -OCH3 is 1. The Bertz CT molecular complexity index is 651. The maximum absolute atomic E-state index is 11.5. The molecule has 0 heterocycles. The van der Waals surface area contributed by atoms with Gasteiger partial charge in [0.05, 0.1) is 18.4 Å². The van der Waals surface area contributed by atoms with E-state index in [1.807, 2.05) is 30.3 Å². The SMILES string of the molecule is COC(=O)c1cccc(C#Cc2ccccc2)c1N. The molecule has 0 radical (unpaired) electrons. The molecular formula is C16H13NO2. The Morgan fingerprint density at radius 3 is 2.47 bits per heavy atom. The van der Waals surface area contributed by atoms with Crippen LogP contribution in [0.3, 0.4) is 0 Å². The number of nitrogens with two attached hydrogens (primary N) is 1. The van der Waals surface area contributed by atoms with Crippen LogP contribution in [0.2, 0.25) is 0 Å². The predicted molar refractivity (Wildman–Crippen MR) is 74.6 cm³/mol. The largest absolute Gasteiger partial charge is 0.465 e. The standard InChI is InChI=1S/C16H13NO2/c1-19-16(18)14-9-5-8-13(15(14)17)11-10-12-6-3-2-4-7-12/h2-9H,17H2,1H3. The van der Waals surface area contributed by atoms with E-state index in [1.54, 1.807) is 18.2 Å². The van der Waals surface area contributed by atoms with Crippen LogP contribution in [0.15, 0.2) is 48.5 Å². The molecule has 2 aromatic rings. The first-order valence-electron chi connectivity index (χ1n) is 5.76. The quantitative estimate of drug-likeness (QED) is 0.481. The molecule has 0 aromatic heterocycles. The maximum atomic E-state index is 11.5. The zero-order valence-corrected chi connectivity index (χ0v) is 10.5. The first-order valence-corrected chi connectivity index (χ1v) is 5.76. The Morgan fingerprint density at radius 1 is 1.05 bits per heavy atom. The first-order chi connectivity index (χ1) is 9.22. The number of carbonyl (C=O) groups is 1. The van der Waals surface area contributed by atoms with Crippen molar-refractivity contribution >= 4 is 11.7 Å². The van der Waals surface area contributed by atoms with Crippen LogP contribution in [-0.4, -0.2) is 13.1 Å². The lowest BCUT2D eigenvalue weighted by Gasteiger charge is -2.04. The third kappa shape index (κ3) is 2.93. The van der Waals surface area contributed by atoms with E-state index in [0.29, 0.717) is 16.8 Å². The molecule has 2 N–H and O–H groups in total. The zero-order valence-electron chi connectivity index (χ0n) is 10.5. The van der Waals surface area contributed by atoms with Crippen molar-refractivity contribution in [1.82, 2.24) is 0 Å². The minimum Gasteiger partial charge on any atom is -0.465 e. The van der Waals surface area contributed by atoms with E-state index in [1.165, 1.54) is 7.11 Å². The molecular weight excluding hydrogens is 238 g/mol. The van der Waals surface area contributed by atoms with Crippen LogP contribution in [0.4, 0.5) is 5.69 Å². The van der Waals surface area contributed by atoms with Gasteiger partial charge in [-0.25, -0.2) is 4.79 Å². The lowest BCUT2D eigenvalue weighted by Crippen LogP contribution is -2.06. The Hall–Kier alpha value is -2.73. The Labute approximate surface area is 112 Å². The summed E-state index contributed by atoms with van der Waals surface area (Å²) in [5.41, 5.74) is 8.11. The van der Waals surface area contributed by atoms with Crippen molar-refractivity contribution < 1.29 is 9.53 Å². The van der Waals surface area contributed by atoms with Crippen LogP contribution >= 0.6 is 0 Å². The van der Waals surface area contributed by atoms with Gasteiger partial charge in [-0.3, -0.25) is 0 Å². The predicted octanol–water partition coefficient (Wildman–Crippen LogP) is 2.46. The molecule has 94 valence electrons. The van der Waals surface area contributed by atoms with Gasteiger partial charge in [-0.05, 0) is 24.3 Å². The number of rotatable bonds is 1. The van der Waals surface area contributed by atoms with Crippen molar-refractivity contribution in [2.24, 2.45) is 0 Å². The number of hydrogen-bond acceptors (Lipinski definition) is 3. The van der Waals surface area contributed by atoms with E-state index in [9.17, 15) is 4.79 Å². The van der Waals surface area contributed by atoms with Gasteiger partial charge in [0.15, 0.2) is 0 Å². The summed E-state index contributed by atoms with van der Waals surface area (Å²) in [6, 6.07) is 14.7. The molecule has 2 rings (SSSR count). The highest BCUT2D eigenvalue weighted by molar-refractivity contribution is 5.96. The summed E-state index contributed by atoms with van der Waals surface area (Å²) in [5, 5.41) is 0. The van der Waals surface area contributed by atoms with Crippen LogP contribution < -0.4 is 5.73 Å². The van der Waals surface area contributed by atoms with Gasteiger partial charge in [-0.1, -0.05) is 36.1 Å². The normalized spacial score (nSPS) is 9.32. The summed E-state index contributed by atoms with van der Waals surface area (Å²) in [6.45, 7) is 0. The van der Waals surface area contributed by atoms with E-state index >= 15 is 0 Å². The van der Waals surface area contributed by atoms with Crippen LogP contribution in [0.5, 0.6) is 0 Å². The minimum absolute atomic E-state index is 0.336. The molecule has 0 unspecified atom stereocenters. The fourth-order valence-corrected chi connectivity index (χ4v) is 1.62. The van der Waals surface area contributed by atoms with Gasteiger partial charge in [0.25, 0.3) is 0 Å². The molecule has 0 saturated carbocycles. The number of benzene rings is 2. The van der Waals surface area contributed by atoms with Crippen LogP contribution in [0, 0.1) is 11.8 Å². The van der Waals surface area contributed by atoms with E-state index in [2.05, 4.69) is 16.6 Å². The summed E-state index contributed by atoms with van der Waals surface area (Å²) < 4.78 is 4.67. The molecule has 2 aromatic carbocycles. The van der Waals surface area contributed by atoms with Crippen molar-refractivity contribution in [3.05, 3.63) is 65.2 Å².